The predicted molar refractivity (Wildman–Crippen MR) is 213 cm³/mol. The van der Waals surface area contributed by atoms with Crippen LogP contribution in [0, 0.1) is 11.8 Å². The van der Waals surface area contributed by atoms with E-state index < -0.39 is 47.4 Å². The molecule has 0 unspecified atom stereocenters. The zero-order valence-electron chi connectivity index (χ0n) is 34.2. The van der Waals surface area contributed by atoms with Crippen LogP contribution in [0.5, 0.6) is 0 Å². The maximum Gasteiger partial charge on any atom is 0.411 e. The number of ether oxygens (including phenoxy) is 4. The van der Waals surface area contributed by atoms with Gasteiger partial charge in [-0.3, -0.25) is 14.7 Å². The molecule has 1 N–H and O–H groups in total. The highest BCUT2D eigenvalue weighted by atomic mass is 16.6. The van der Waals surface area contributed by atoms with E-state index in [1.54, 1.807) is 32.9 Å². The van der Waals surface area contributed by atoms with Gasteiger partial charge in [0.1, 0.15) is 23.3 Å². The number of likely N-dealkylation sites (tertiary alicyclic amines) is 2. The number of allylic oxidation sites excluding steroid dienone is 2. The minimum atomic E-state index is -0.698. The minimum absolute atomic E-state index is 0.0187. The third kappa shape index (κ3) is 13.0. The third-order valence-corrected chi connectivity index (χ3v) is 9.54. The lowest BCUT2D eigenvalue weighted by atomic mass is 9.91. The summed E-state index contributed by atoms with van der Waals surface area (Å²) in [7, 11) is 4.70. The fourth-order valence-corrected chi connectivity index (χ4v) is 7.15. The Morgan fingerprint density at radius 3 is 1.62 bits per heavy atom. The highest BCUT2D eigenvalue weighted by Gasteiger charge is 2.51. The summed E-state index contributed by atoms with van der Waals surface area (Å²) in [6.45, 7) is 20.7. The summed E-state index contributed by atoms with van der Waals surface area (Å²) in [4.78, 5) is 55.7. The molecule has 55 heavy (non-hydrogen) atoms. The summed E-state index contributed by atoms with van der Waals surface area (Å²) >= 11 is 0. The molecule has 2 aliphatic rings. The standard InChI is InChI=1S/C22H32N2O4.C21H30N2O4/c1-7-11-17-18(23(5)14-16-12-9-8-10-13-16)15-24(19(17)20(25)27-6)21(26)28-22(2,3)4;1-6-10-16-17(22-13-15-11-8-7-9-12-15)14-23(18(16)19(24)26-5)20(25)27-21(2,3)4/h7-10,12-13,17-19H,1,11,14-15H2,2-6H3;6-9,11-12,16-18,22H,1,10,13-14H2,2-5H3/t17-,18+,19+;16-,17+,18+/m11/s1. The van der Waals surface area contributed by atoms with Crippen LogP contribution >= 0.6 is 0 Å². The topological polar surface area (TPSA) is 127 Å². The Hall–Kier alpha value is -4.68. The summed E-state index contributed by atoms with van der Waals surface area (Å²) in [6.07, 6.45) is 3.76. The summed E-state index contributed by atoms with van der Waals surface area (Å²) in [6, 6.07) is 18.7. The molecule has 0 radical (unpaired) electrons. The Kier molecular flexibility index (Phi) is 16.5. The lowest BCUT2D eigenvalue weighted by Gasteiger charge is -2.29. The van der Waals surface area contributed by atoms with E-state index in [4.69, 9.17) is 18.9 Å². The number of nitrogens with one attached hydrogen (secondary N) is 1. The van der Waals surface area contributed by atoms with Crippen LogP contribution in [0.4, 0.5) is 9.59 Å². The van der Waals surface area contributed by atoms with E-state index in [1.807, 2.05) is 76.3 Å². The van der Waals surface area contributed by atoms with Crippen LogP contribution in [0.1, 0.15) is 65.5 Å². The van der Waals surface area contributed by atoms with Gasteiger partial charge in [-0.1, -0.05) is 72.8 Å². The van der Waals surface area contributed by atoms with Crippen LogP contribution < -0.4 is 5.32 Å². The second-order valence-electron chi connectivity index (χ2n) is 16.0. The molecule has 0 spiro atoms. The van der Waals surface area contributed by atoms with Crippen molar-refractivity contribution in [3.05, 3.63) is 97.1 Å². The lowest BCUT2D eigenvalue weighted by molar-refractivity contribution is -0.147. The van der Waals surface area contributed by atoms with Crippen molar-refractivity contribution in [1.82, 2.24) is 20.0 Å². The van der Waals surface area contributed by atoms with Crippen molar-refractivity contribution in [2.24, 2.45) is 11.8 Å². The van der Waals surface area contributed by atoms with Gasteiger partial charge in [-0.25, -0.2) is 19.2 Å². The summed E-state index contributed by atoms with van der Waals surface area (Å²) in [5, 5.41) is 3.48. The smallest absolute Gasteiger partial charge is 0.411 e. The largest absolute Gasteiger partial charge is 0.467 e. The number of hydrogen-bond acceptors (Lipinski definition) is 10. The molecule has 4 rings (SSSR count). The van der Waals surface area contributed by atoms with E-state index >= 15 is 0 Å². The van der Waals surface area contributed by atoms with Gasteiger partial charge in [0, 0.05) is 50.1 Å². The van der Waals surface area contributed by atoms with E-state index in [0.29, 0.717) is 32.5 Å². The molecular formula is C43H62N4O8. The van der Waals surface area contributed by atoms with E-state index in [9.17, 15) is 19.2 Å². The molecule has 2 saturated heterocycles. The number of nitrogens with zero attached hydrogens (tertiary/aromatic N) is 3. The van der Waals surface area contributed by atoms with Gasteiger partial charge in [-0.2, -0.15) is 0 Å². The van der Waals surface area contributed by atoms with Gasteiger partial charge in [-0.05, 0) is 72.6 Å². The van der Waals surface area contributed by atoms with Gasteiger partial charge < -0.3 is 24.3 Å². The third-order valence-electron chi connectivity index (χ3n) is 9.54. The molecule has 2 heterocycles. The molecule has 2 aromatic rings. The van der Waals surface area contributed by atoms with Crippen LogP contribution in [0.15, 0.2) is 86.0 Å². The molecule has 6 atom stereocenters. The first-order valence-corrected chi connectivity index (χ1v) is 18.8. The molecule has 2 amide bonds. The number of amides is 2. The van der Waals surface area contributed by atoms with E-state index in [0.717, 1.165) is 12.1 Å². The van der Waals surface area contributed by atoms with Crippen molar-refractivity contribution in [2.45, 2.75) is 103 Å². The van der Waals surface area contributed by atoms with Crippen LogP contribution in [0.3, 0.4) is 0 Å². The lowest BCUT2D eigenvalue weighted by Crippen LogP contribution is -2.46. The first-order chi connectivity index (χ1) is 25.9. The quantitative estimate of drug-likeness (QED) is 0.144. The number of likely N-dealkylation sites (N-methyl/N-ethyl adjacent to an activating group) is 1. The second kappa shape index (κ2) is 20.3. The molecule has 0 aromatic heterocycles. The van der Waals surface area contributed by atoms with Crippen molar-refractivity contribution in [1.29, 1.82) is 0 Å². The number of carbonyl (C=O) groups is 4. The summed E-state index contributed by atoms with van der Waals surface area (Å²) in [5.41, 5.74) is 1.04. The maximum absolute atomic E-state index is 12.8. The Morgan fingerprint density at radius 1 is 0.727 bits per heavy atom. The zero-order valence-corrected chi connectivity index (χ0v) is 34.2. The maximum atomic E-state index is 12.8. The average Bonchev–Trinajstić information content (AvgIpc) is 3.69. The van der Waals surface area contributed by atoms with E-state index in [-0.39, 0.29) is 23.9 Å². The molecule has 2 aliphatic heterocycles. The van der Waals surface area contributed by atoms with E-state index in [1.165, 1.54) is 29.6 Å². The Bertz CT molecular complexity index is 1570. The van der Waals surface area contributed by atoms with Gasteiger partial charge in [0.2, 0.25) is 0 Å². The SMILES string of the molecule is C=CC[C@@H]1[C@@H](NCc2ccccc2)CN(C(=O)OC(C)(C)C)[C@@H]1C(=O)OC.C=CC[C@H]1[C@@H](C(=O)OC)N(C(=O)OC(C)(C)C)C[C@@H]1N(C)Cc1ccccc1. The number of methoxy groups -OCH3 is 2. The molecule has 0 aliphatic carbocycles. The Labute approximate surface area is 327 Å². The minimum Gasteiger partial charge on any atom is -0.467 e. The van der Waals surface area contributed by atoms with Gasteiger partial charge in [0.25, 0.3) is 0 Å². The van der Waals surface area contributed by atoms with Crippen molar-refractivity contribution in [3.8, 4) is 0 Å². The summed E-state index contributed by atoms with van der Waals surface area (Å²) < 4.78 is 21.1. The van der Waals surface area contributed by atoms with Crippen molar-refractivity contribution < 1.29 is 38.1 Å². The normalized spacial score (nSPS) is 22.3. The Morgan fingerprint density at radius 2 is 1.16 bits per heavy atom. The van der Waals surface area contributed by atoms with Gasteiger partial charge in [0.05, 0.1) is 14.2 Å². The van der Waals surface area contributed by atoms with Crippen molar-refractivity contribution >= 4 is 24.1 Å². The first-order valence-electron chi connectivity index (χ1n) is 18.8. The number of esters is 2. The second-order valence-corrected chi connectivity index (χ2v) is 16.0. The number of hydrogen-bond donors (Lipinski definition) is 1. The number of rotatable bonds is 12. The van der Waals surface area contributed by atoms with Crippen LogP contribution in [0.2, 0.25) is 0 Å². The highest BCUT2D eigenvalue weighted by Crippen LogP contribution is 2.34. The molecule has 0 bridgehead atoms. The first kappa shape index (κ1) is 44.7. The van der Waals surface area contributed by atoms with Crippen LogP contribution in [0.25, 0.3) is 0 Å². The number of benzene rings is 2. The fourth-order valence-electron chi connectivity index (χ4n) is 7.15. The predicted octanol–water partition coefficient (Wildman–Crippen LogP) is 6.60. The summed E-state index contributed by atoms with van der Waals surface area (Å²) in [5.74, 6) is -1.11. The highest BCUT2D eigenvalue weighted by molar-refractivity contribution is 5.83. The van der Waals surface area contributed by atoms with Crippen LogP contribution in [-0.2, 0) is 41.6 Å². The molecule has 12 nitrogen and oxygen atoms in total. The van der Waals surface area contributed by atoms with Crippen LogP contribution in [-0.4, -0.2) is 109 Å². The van der Waals surface area contributed by atoms with Gasteiger partial charge >= 0.3 is 24.1 Å². The monoisotopic (exact) mass is 762 g/mol. The molecule has 302 valence electrons. The molecule has 12 heteroatoms. The molecular weight excluding hydrogens is 700 g/mol. The van der Waals surface area contributed by atoms with Crippen molar-refractivity contribution in [2.75, 3.05) is 34.4 Å². The average molecular weight is 763 g/mol. The zero-order chi connectivity index (χ0) is 40.9. The van der Waals surface area contributed by atoms with E-state index in [2.05, 4.69) is 35.5 Å². The van der Waals surface area contributed by atoms with Gasteiger partial charge in [-0.15, -0.1) is 13.2 Å². The number of carbonyl (C=O) groups excluding carboxylic acids is 4. The van der Waals surface area contributed by atoms with Gasteiger partial charge in [0.15, 0.2) is 0 Å². The molecule has 0 saturated carbocycles. The Balaban J connectivity index is 0.000000296. The van der Waals surface area contributed by atoms with Crippen molar-refractivity contribution in [3.63, 3.8) is 0 Å². The molecule has 2 fully saturated rings. The molecule has 2 aromatic carbocycles. The fraction of sp³-hybridized carbons (Fsp3) is 0.535.